The molecule has 0 aromatic rings. The molecule has 4 heteroatoms. The van der Waals surface area contributed by atoms with Gasteiger partial charge in [-0.25, -0.2) is 0 Å². The summed E-state index contributed by atoms with van der Waals surface area (Å²) in [7, 11) is 0. The molecule has 0 aromatic carbocycles. The Morgan fingerprint density at radius 1 is 1.25 bits per heavy atom. The summed E-state index contributed by atoms with van der Waals surface area (Å²) in [6.07, 6.45) is 0. The molecule has 0 rings (SSSR count). The number of hydrogen-bond donors (Lipinski definition) is 0. The van der Waals surface area contributed by atoms with Crippen LogP contribution in [0.4, 0.5) is 0 Å². The average molecular weight is 187 g/mol. The molecule has 0 fully saturated rings. The average Bonchev–Trinajstić information content (AvgIpc) is 1.00. The fourth-order valence-corrected chi connectivity index (χ4v) is 0. The second-order valence-electron chi connectivity index (χ2n) is 0. The molecule has 0 aliphatic heterocycles. The van der Waals surface area contributed by atoms with Crippen LogP contribution in [0.3, 0.4) is 0 Å². The summed E-state index contributed by atoms with van der Waals surface area (Å²) in [6.45, 7) is 0. The summed E-state index contributed by atoms with van der Waals surface area (Å²) in [5, 5.41) is 0. The summed E-state index contributed by atoms with van der Waals surface area (Å²) < 4.78 is 8.28. The molecule has 0 saturated heterocycles. The Balaban J connectivity index is -0.00000000500. The molecule has 0 amide bonds. The molecule has 0 saturated carbocycles. The first-order chi connectivity index (χ1) is 1.00. The first-order valence-corrected chi connectivity index (χ1v) is 0.866. The third kappa shape index (κ3) is 9.26. The van der Waals surface area contributed by atoms with Crippen LogP contribution >= 0.6 is 0 Å². The summed E-state index contributed by atoms with van der Waals surface area (Å²) in [5.41, 5.74) is 0. The predicted molar refractivity (Wildman–Crippen MR) is 7.84 cm³/mol. The van der Waals surface area contributed by atoms with E-state index in [4.69, 9.17) is 3.80 Å². The Morgan fingerprint density at radius 3 is 1.25 bits per heavy atom. The van der Waals surface area contributed by atoms with E-state index in [2.05, 4.69) is 0 Å². The van der Waals surface area contributed by atoms with Crippen molar-refractivity contribution < 1.29 is 47.4 Å². The molecule has 0 atom stereocenters. The Labute approximate surface area is 63.0 Å². The second-order valence-corrected chi connectivity index (χ2v) is 0. The minimum absolute atomic E-state index is 0. The van der Waals surface area contributed by atoms with Gasteiger partial charge in [-0.1, -0.05) is 0 Å². The molecule has 4 heavy (non-hydrogen) atoms. The quantitative estimate of drug-likeness (QED) is 0.455. The molecule has 0 aliphatic carbocycles. The fraction of sp³-hybridized carbons (Fsp3) is 0. The maximum absolute atomic E-state index is 8.28. The maximum Gasteiger partial charge on any atom is 0 e. The molecule has 1 nitrogen and oxygen atoms in total. The van der Waals surface area contributed by atoms with Gasteiger partial charge >= 0.3 is 20.0 Å². The second kappa shape index (κ2) is 21.8. The van der Waals surface area contributed by atoms with Crippen LogP contribution in [-0.4, -0.2) is 16.2 Å². The third-order valence-corrected chi connectivity index (χ3v) is 0. The topological polar surface area (TPSA) is 17.1 Å². The zero-order valence-electron chi connectivity index (χ0n) is 2.02. The molecule has 0 radical (unpaired) electrons. The van der Waals surface area contributed by atoms with Gasteiger partial charge in [-0.3, -0.25) is 0 Å². The monoisotopic (exact) mass is 186 g/mol. The van der Waals surface area contributed by atoms with Gasteiger partial charge in [-0.2, -0.15) is 0 Å². The van der Waals surface area contributed by atoms with Crippen molar-refractivity contribution >= 4 is 16.2 Å². The molecule has 20 valence electrons. The van der Waals surface area contributed by atoms with Crippen molar-refractivity contribution in [1.29, 1.82) is 0 Å². The molecule has 0 N–H and O–H groups in total. The van der Waals surface area contributed by atoms with E-state index < -0.39 is 0 Å². The summed E-state index contributed by atoms with van der Waals surface area (Å²) >= 11 is 0.611. The first kappa shape index (κ1) is 17.2. The van der Waals surface area contributed by atoms with Crippen molar-refractivity contribution in [3.05, 3.63) is 0 Å². The van der Waals surface area contributed by atoms with Crippen LogP contribution in [0.25, 0.3) is 0 Å². The van der Waals surface area contributed by atoms with Gasteiger partial charge in [0.15, 0.2) is 0 Å². The molecular formula is HAlCrOZr. The molecule has 0 bridgehead atoms. The van der Waals surface area contributed by atoms with Crippen molar-refractivity contribution in [2.24, 2.45) is 0 Å². The molecule has 0 spiro atoms. The van der Waals surface area contributed by atoms with Crippen LogP contribution in [0, 0.1) is 0 Å². The van der Waals surface area contributed by atoms with Crippen molar-refractivity contribution in [3.8, 4) is 0 Å². The van der Waals surface area contributed by atoms with E-state index in [1.54, 1.807) is 0 Å². The SMILES string of the molecule is [Cr].[O]=[AlH].[Zr]. The smallest absolute Gasteiger partial charge is 0 e. The van der Waals surface area contributed by atoms with Crippen LogP contribution in [0.1, 0.15) is 0 Å². The van der Waals surface area contributed by atoms with Crippen molar-refractivity contribution in [2.45, 2.75) is 0 Å². The maximum atomic E-state index is 8.28. The Kier molecular flexibility index (Phi) is 93.6. The van der Waals surface area contributed by atoms with Crippen LogP contribution in [0.2, 0.25) is 0 Å². The summed E-state index contributed by atoms with van der Waals surface area (Å²) in [6, 6.07) is 0. The zero-order valence-corrected chi connectivity index (χ0v) is 7.17. The normalized spacial score (nSPS) is 0.750. The van der Waals surface area contributed by atoms with Crippen molar-refractivity contribution in [2.75, 3.05) is 0 Å². The zero-order chi connectivity index (χ0) is 2.00. The van der Waals surface area contributed by atoms with E-state index in [9.17, 15) is 0 Å². The van der Waals surface area contributed by atoms with Gasteiger partial charge in [0.05, 0.1) is 0 Å². The fourth-order valence-electron chi connectivity index (χ4n) is 0. The van der Waals surface area contributed by atoms with Crippen LogP contribution in [-0.2, 0) is 47.4 Å². The number of hydrogen-bond acceptors (Lipinski definition) is 1. The van der Waals surface area contributed by atoms with E-state index in [0.29, 0.717) is 16.2 Å². The summed E-state index contributed by atoms with van der Waals surface area (Å²) in [4.78, 5) is 0. The first-order valence-electron chi connectivity index (χ1n) is 0.289. The van der Waals surface area contributed by atoms with E-state index in [1.165, 1.54) is 0 Å². The van der Waals surface area contributed by atoms with E-state index >= 15 is 0 Å². The van der Waals surface area contributed by atoms with E-state index in [1.807, 2.05) is 0 Å². The van der Waals surface area contributed by atoms with Gasteiger partial charge in [-0.15, -0.1) is 0 Å². The van der Waals surface area contributed by atoms with Gasteiger partial charge < -0.3 is 0 Å². The minimum atomic E-state index is 0. The molecule has 0 unspecified atom stereocenters. The Bertz CT molecular complexity index is 8.00. The molecule has 0 aromatic heterocycles. The standard InChI is InChI=1S/Al.Cr.O.Zr.H. The van der Waals surface area contributed by atoms with Crippen molar-refractivity contribution in [1.82, 2.24) is 0 Å². The van der Waals surface area contributed by atoms with Crippen LogP contribution < -0.4 is 0 Å². The Morgan fingerprint density at radius 2 is 1.25 bits per heavy atom. The predicted octanol–water partition coefficient (Wildman–Crippen LogP) is -0.772. The van der Waals surface area contributed by atoms with E-state index in [0.717, 1.165) is 0 Å². The van der Waals surface area contributed by atoms with Gasteiger partial charge in [0, 0.05) is 43.6 Å². The molecular weight excluding hydrogens is 186 g/mol. The van der Waals surface area contributed by atoms with Gasteiger partial charge in [0.25, 0.3) is 0 Å². The Hall–Kier alpha value is 1.75. The largest absolute Gasteiger partial charge is 0 e. The molecule has 0 aliphatic rings. The minimum Gasteiger partial charge on any atom is 0 e. The van der Waals surface area contributed by atoms with Crippen LogP contribution in [0.5, 0.6) is 0 Å². The van der Waals surface area contributed by atoms with Gasteiger partial charge in [-0.05, 0) is 0 Å². The van der Waals surface area contributed by atoms with Gasteiger partial charge in [0.1, 0.15) is 0 Å². The van der Waals surface area contributed by atoms with Crippen molar-refractivity contribution in [3.63, 3.8) is 0 Å². The third-order valence-electron chi connectivity index (χ3n) is 0. The summed E-state index contributed by atoms with van der Waals surface area (Å²) in [5.74, 6) is 0. The van der Waals surface area contributed by atoms with E-state index in [-0.39, 0.29) is 43.6 Å². The molecule has 0 heterocycles. The van der Waals surface area contributed by atoms with Crippen LogP contribution in [0.15, 0.2) is 0 Å². The number of rotatable bonds is 0. The van der Waals surface area contributed by atoms with Gasteiger partial charge in [0.2, 0.25) is 0 Å².